The first-order valence-corrected chi connectivity index (χ1v) is 5.70. The van der Waals surface area contributed by atoms with E-state index >= 15 is 0 Å². The summed E-state index contributed by atoms with van der Waals surface area (Å²) in [6.07, 6.45) is 1.67. The quantitative estimate of drug-likeness (QED) is 0.692. The number of hydrogen-bond acceptors (Lipinski definition) is 3. The Labute approximate surface area is 105 Å². The van der Waals surface area contributed by atoms with E-state index in [1.807, 2.05) is 54.6 Å². The van der Waals surface area contributed by atoms with Gasteiger partial charge in [-0.1, -0.05) is 30.3 Å². The molecule has 0 aliphatic heterocycles. The smallest absolute Gasteiger partial charge is 0.226 e. The Morgan fingerprint density at radius 3 is 2.28 bits per heavy atom. The lowest BCUT2D eigenvalue weighted by Crippen LogP contribution is -1.84. The standard InChI is InChI=1S/C15H12N2O/c16-13-8-6-12(7-9-13)15-17-14(10-18-15)11-4-2-1-3-5-11/h1-10H,16H2. The van der Waals surface area contributed by atoms with Crippen LogP contribution in [0, 0.1) is 0 Å². The average molecular weight is 236 g/mol. The number of nitrogens with two attached hydrogens (primary N) is 1. The van der Waals surface area contributed by atoms with Crippen LogP contribution in [-0.2, 0) is 0 Å². The fourth-order valence-electron chi connectivity index (χ4n) is 1.77. The number of anilines is 1. The second-order valence-corrected chi connectivity index (χ2v) is 4.03. The molecule has 2 N–H and O–H groups in total. The van der Waals surface area contributed by atoms with Crippen LogP contribution in [0.15, 0.2) is 65.3 Å². The highest BCUT2D eigenvalue weighted by Gasteiger charge is 2.07. The van der Waals surface area contributed by atoms with Gasteiger partial charge in [0.25, 0.3) is 0 Å². The molecule has 18 heavy (non-hydrogen) atoms. The van der Waals surface area contributed by atoms with Crippen LogP contribution in [0.2, 0.25) is 0 Å². The van der Waals surface area contributed by atoms with Crippen LogP contribution in [0.25, 0.3) is 22.7 Å². The van der Waals surface area contributed by atoms with Crippen LogP contribution in [0.3, 0.4) is 0 Å². The molecule has 0 spiro atoms. The van der Waals surface area contributed by atoms with E-state index in [4.69, 9.17) is 10.2 Å². The average Bonchev–Trinajstić information content (AvgIpc) is 2.90. The highest BCUT2D eigenvalue weighted by Crippen LogP contribution is 2.24. The second-order valence-electron chi connectivity index (χ2n) is 4.03. The zero-order chi connectivity index (χ0) is 12.4. The van der Waals surface area contributed by atoms with Crippen molar-refractivity contribution in [2.45, 2.75) is 0 Å². The van der Waals surface area contributed by atoms with Gasteiger partial charge in [-0.05, 0) is 24.3 Å². The van der Waals surface area contributed by atoms with E-state index in [1.165, 1.54) is 0 Å². The molecule has 0 unspecified atom stereocenters. The third-order valence-electron chi connectivity index (χ3n) is 2.73. The molecular weight excluding hydrogens is 224 g/mol. The largest absolute Gasteiger partial charge is 0.444 e. The third-order valence-corrected chi connectivity index (χ3v) is 2.73. The van der Waals surface area contributed by atoms with Gasteiger partial charge >= 0.3 is 0 Å². The van der Waals surface area contributed by atoms with E-state index in [-0.39, 0.29) is 0 Å². The molecule has 0 bridgehead atoms. The van der Waals surface area contributed by atoms with Gasteiger partial charge in [0.15, 0.2) is 0 Å². The second kappa shape index (κ2) is 4.37. The van der Waals surface area contributed by atoms with Gasteiger partial charge in [-0.2, -0.15) is 0 Å². The molecular formula is C15H12N2O. The minimum atomic E-state index is 0.605. The van der Waals surface area contributed by atoms with Gasteiger partial charge in [0.05, 0.1) is 0 Å². The van der Waals surface area contributed by atoms with Crippen molar-refractivity contribution in [3.63, 3.8) is 0 Å². The summed E-state index contributed by atoms with van der Waals surface area (Å²) in [5.74, 6) is 0.605. The number of nitrogen functional groups attached to an aromatic ring is 1. The SMILES string of the molecule is Nc1ccc(-c2nc(-c3ccccc3)co2)cc1. The number of hydrogen-bond donors (Lipinski definition) is 1. The summed E-state index contributed by atoms with van der Waals surface area (Å²) in [7, 11) is 0. The van der Waals surface area contributed by atoms with Crippen LogP contribution in [0.1, 0.15) is 0 Å². The summed E-state index contributed by atoms with van der Waals surface area (Å²) in [5.41, 5.74) is 9.18. The zero-order valence-electron chi connectivity index (χ0n) is 9.71. The van der Waals surface area contributed by atoms with E-state index in [0.29, 0.717) is 5.89 Å². The topological polar surface area (TPSA) is 52.0 Å². The molecule has 0 radical (unpaired) electrons. The minimum Gasteiger partial charge on any atom is -0.444 e. The fourth-order valence-corrected chi connectivity index (χ4v) is 1.77. The van der Waals surface area contributed by atoms with Gasteiger partial charge in [-0.15, -0.1) is 0 Å². The lowest BCUT2D eigenvalue weighted by Gasteiger charge is -1.96. The van der Waals surface area contributed by atoms with Crippen LogP contribution in [-0.4, -0.2) is 4.98 Å². The Morgan fingerprint density at radius 1 is 0.833 bits per heavy atom. The minimum absolute atomic E-state index is 0.605. The Kier molecular flexibility index (Phi) is 2.57. The Balaban J connectivity index is 1.97. The number of oxazole rings is 1. The van der Waals surface area contributed by atoms with Gasteiger partial charge in [0.1, 0.15) is 12.0 Å². The molecule has 0 aliphatic carbocycles. The summed E-state index contributed by atoms with van der Waals surface area (Å²) in [6.45, 7) is 0. The molecule has 0 amide bonds. The van der Waals surface area contributed by atoms with Crippen LogP contribution >= 0.6 is 0 Å². The van der Waals surface area contributed by atoms with Gasteiger partial charge < -0.3 is 10.2 Å². The summed E-state index contributed by atoms with van der Waals surface area (Å²) >= 11 is 0. The van der Waals surface area contributed by atoms with E-state index in [1.54, 1.807) is 6.26 Å². The molecule has 0 aliphatic rings. The molecule has 3 rings (SSSR count). The number of benzene rings is 2. The normalized spacial score (nSPS) is 10.4. The molecule has 2 aromatic carbocycles. The molecule has 1 heterocycles. The molecule has 3 nitrogen and oxygen atoms in total. The van der Waals surface area contributed by atoms with E-state index in [2.05, 4.69) is 4.98 Å². The number of nitrogens with zero attached hydrogens (tertiary/aromatic N) is 1. The Morgan fingerprint density at radius 2 is 1.56 bits per heavy atom. The Hall–Kier alpha value is -2.55. The van der Waals surface area contributed by atoms with Crippen LogP contribution in [0.4, 0.5) is 5.69 Å². The van der Waals surface area contributed by atoms with Crippen molar-refractivity contribution in [2.75, 3.05) is 5.73 Å². The molecule has 3 aromatic rings. The predicted molar refractivity (Wildman–Crippen MR) is 71.8 cm³/mol. The molecule has 1 aromatic heterocycles. The lowest BCUT2D eigenvalue weighted by molar-refractivity contribution is 0.575. The van der Waals surface area contributed by atoms with Crippen molar-refractivity contribution in [1.82, 2.24) is 4.98 Å². The Bertz CT molecular complexity index is 642. The van der Waals surface area contributed by atoms with E-state index in [0.717, 1.165) is 22.5 Å². The number of aromatic nitrogens is 1. The van der Waals surface area contributed by atoms with Crippen molar-refractivity contribution < 1.29 is 4.42 Å². The van der Waals surface area contributed by atoms with Gasteiger partial charge in [-0.3, -0.25) is 0 Å². The van der Waals surface area contributed by atoms with E-state index < -0.39 is 0 Å². The fraction of sp³-hybridized carbons (Fsp3) is 0. The zero-order valence-corrected chi connectivity index (χ0v) is 9.71. The first kappa shape index (κ1) is 10.6. The monoisotopic (exact) mass is 236 g/mol. The summed E-state index contributed by atoms with van der Waals surface area (Å²) in [5, 5.41) is 0. The summed E-state index contributed by atoms with van der Waals surface area (Å²) in [4.78, 5) is 4.47. The van der Waals surface area contributed by atoms with Crippen molar-refractivity contribution in [3.05, 3.63) is 60.9 Å². The molecule has 0 atom stereocenters. The van der Waals surface area contributed by atoms with E-state index in [9.17, 15) is 0 Å². The molecule has 0 saturated heterocycles. The first-order valence-electron chi connectivity index (χ1n) is 5.70. The maximum Gasteiger partial charge on any atom is 0.226 e. The summed E-state index contributed by atoms with van der Waals surface area (Å²) in [6, 6.07) is 17.4. The van der Waals surface area contributed by atoms with Crippen molar-refractivity contribution in [3.8, 4) is 22.7 Å². The van der Waals surface area contributed by atoms with Crippen molar-refractivity contribution >= 4 is 5.69 Å². The van der Waals surface area contributed by atoms with Crippen LogP contribution in [0.5, 0.6) is 0 Å². The van der Waals surface area contributed by atoms with Crippen LogP contribution < -0.4 is 5.73 Å². The highest BCUT2D eigenvalue weighted by atomic mass is 16.3. The predicted octanol–water partition coefficient (Wildman–Crippen LogP) is 3.59. The van der Waals surface area contributed by atoms with Gasteiger partial charge in [0.2, 0.25) is 5.89 Å². The molecule has 3 heteroatoms. The third kappa shape index (κ3) is 1.98. The lowest BCUT2D eigenvalue weighted by atomic mass is 10.2. The van der Waals surface area contributed by atoms with Gasteiger partial charge in [0, 0.05) is 16.8 Å². The summed E-state index contributed by atoms with van der Waals surface area (Å²) < 4.78 is 5.49. The molecule has 0 fully saturated rings. The van der Waals surface area contributed by atoms with Crippen molar-refractivity contribution in [2.24, 2.45) is 0 Å². The number of rotatable bonds is 2. The van der Waals surface area contributed by atoms with Gasteiger partial charge in [-0.25, -0.2) is 4.98 Å². The maximum atomic E-state index is 5.65. The maximum absolute atomic E-state index is 5.65. The van der Waals surface area contributed by atoms with Crippen molar-refractivity contribution in [1.29, 1.82) is 0 Å². The first-order chi connectivity index (χ1) is 8.83. The molecule has 88 valence electrons. The highest BCUT2D eigenvalue weighted by molar-refractivity contribution is 5.63. The molecule has 0 saturated carbocycles.